The summed E-state index contributed by atoms with van der Waals surface area (Å²) in [6, 6.07) is 6.06. The number of sulfonamides is 1. The summed E-state index contributed by atoms with van der Waals surface area (Å²) in [6.07, 6.45) is 1.70. The van der Waals surface area contributed by atoms with E-state index in [-0.39, 0.29) is 42.8 Å². The number of aromatic nitrogens is 1. The molecule has 2 aromatic rings. The molecule has 1 fully saturated rings. The number of rotatable bonds is 4. The highest BCUT2D eigenvalue weighted by atomic mass is 35.5. The van der Waals surface area contributed by atoms with Gasteiger partial charge in [-0.05, 0) is 24.3 Å². The van der Waals surface area contributed by atoms with Crippen molar-refractivity contribution >= 4 is 51.3 Å². The number of hydrogen-bond acceptors (Lipinski definition) is 5. The molecule has 11 heteroatoms. The van der Waals surface area contributed by atoms with Gasteiger partial charge in [-0.25, -0.2) is 8.42 Å². The molecule has 0 bridgehead atoms. The van der Waals surface area contributed by atoms with Crippen molar-refractivity contribution < 1.29 is 13.2 Å². The molecule has 0 spiro atoms. The second kappa shape index (κ2) is 8.53. The number of hydrogen-bond donors (Lipinski definition) is 1. The van der Waals surface area contributed by atoms with E-state index in [1.807, 2.05) is 0 Å². The maximum Gasteiger partial charge on any atom is 0.243 e. The quantitative estimate of drug-likeness (QED) is 0.789. The van der Waals surface area contributed by atoms with Crippen molar-refractivity contribution in [2.24, 2.45) is 0 Å². The van der Waals surface area contributed by atoms with Crippen LogP contribution in [-0.4, -0.2) is 54.3 Å². The lowest BCUT2D eigenvalue weighted by molar-refractivity contribution is -0.133. The van der Waals surface area contributed by atoms with Crippen LogP contribution in [0.15, 0.2) is 40.7 Å². The van der Waals surface area contributed by atoms with Gasteiger partial charge in [0, 0.05) is 42.8 Å². The van der Waals surface area contributed by atoms with Crippen molar-refractivity contribution in [1.29, 1.82) is 5.41 Å². The van der Waals surface area contributed by atoms with Gasteiger partial charge in [-0.2, -0.15) is 4.31 Å². The first-order valence-electron chi connectivity index (χ1n) is 7.60. The van der Waals surface area contributed by atoms with Gasteiger partial charge in [-0.15, -0.1) is 23.7 Å². The van der Waals surface area contributed by atoms with Crippen LogP contribution in [0.1, 0.15) is 0 Å². The Bertz CT molecular complexity index is 917. The molecular formula is C15H18Cl2N4O3S2. The Morgan fingerprint density at radius 2 is 1.77 bits per heavy atom. The van der Waals surface area contributed by atoms with Crippen LogP contribution in [0.3, 0.4) is 0 Å². The molecule has 1 aliphatic heterocycles. The Morgan fingerprint density at radius 3 is 2.31 bits per heavy atom. The van der Waals surface area contributed by atoms with Crippen LogP contribution >= 0.6 is 35.3 Å². The largest absolute Gasteiger partial charge is 0.339 e. The molecule has 1 aliphatic rings. The molecule has 1 aromatic carbocycles. The van der Waals surface area contributed by atoms with E-state index >= 15 is 0 Å². The molecular weight excluding hydrogens is 419 g/mol. The van der Waals surface area contributed by atoms with Gasteiger partial charge in [0.25, 0.3) is 0 Å². The number of thiazole rings is 1. The third-order valence-corrected chi connectivity index (χ3v) is 6.91. The molecule has 7 nitrogen and oxygen atoms in total. The van der Waals surface area contributed by atoms with Gasteiger partial charge in [0.05, 0.1) is 4.90 Å². The van der Waals surface area contributed by atoms with Crippen molar-refractivity contribution in [3.8, 4) is 0 Å². The minimum absolute atomic E-state index is 0. The molecule has 0 radical (unpaired) electrons. The molecule has 0 saturated carbocycles. The number of halogens is 2. The molecule has 2 heterocycles. The van der Waals surface area contributed by atoms with Crippen molar-refractivity contribution in [2.45, 2.75) is 11.4 Å². The maximum atomic E-state index is 12.6. The summed E-state index contributed by atoms with van der Waals surface area (Å²) < 4.78 is 28.2. The predicted molar refractivity (Wildman–Crippen MR) is 102 cm³/mol. The lowest BCUT2D eigenvalue weighted by Gasteiger charge is -2.34. The van der Waals surface area contributed by atoms with Gasteiger partial charge in [0.2, 0.25) is 15.9 Å². The zero-order valence-corrected chi connectivity index (χ0v) is 16.9. The second-order valence-corrected chi connectivity index (χ2v) is 8.84. The van der Waals surface area contributed by atoms with E-state index in [0.29, 0.717) is 22.9 Å². The molecule has 1 N–H and O–H groups in total. The normalized spacial score (nSPS) is 15.5. The number of piperazine rings is 1. The van der Waals surface area contributed by atoms with Crippen LogP contribution in [0, 0.1) is 5.41 Å². The summed E-state index contributed by atoms with van der Waals surface area (Å²) in [6.45, 7) is 1.27. The fourth-order valence-corrected chi connectivity index (χ4v) is 4.75. The summed E-state index contributed by atoms with van der Waals surface area (Å²) in [4.78, 5) is 14.5. The third kappa shape index (κ3) is 4.47. The zero-order valence-electron chi connectivity index (χ0n) is 13.7. The van der Waals surface area contributed by atoms with Crippen LogP contribution in [-0.2, 0) is 21.4 Å². The lowest BCUT2D eigenvalue weighted by Crippen LogP contribution is -2.51. The topological polar surface area (TPSA) is 86.5 Å². The Labute approximate surface area is 166 Å². The van der Waals surface area contributed by atoms with E-state index in [9.17, 15) is 13.2 Å². The molecule has 3 rings (SSSR count). The minimum atomic E-state index is -3.58. The highest BCUT2D eigenvalue weighted by Crippen LogP contribution is 2.20. The third-order valence-electron chi connectivity index (χ3n) is 4.03. The minimum Gasteiger partial charge on any atom is -0.339 e. The molecule has 0 unspecified atom stereocenters. The average molecular weight is 437 g/mol. The first-order valence-corrected chi connectivity index (χ1v) is 10.3. The van der Waals surface area contributed by atoms with Crippen molar-refractivity contribution in [1.82, 2.24) is 13.8 Å². The van der Waals surface area contributed by atoms with Crippen molar-refractivity contribution in [3.63, 3.8) is 0 Å². The fraction of sp³-hybridized carbons (Fsp3) is 0.333. The fourth-order valence-electron chi connectivity index (χ4n) is 2.61. The van der Waals surface area contributed by atoms with Crippen molar-refractivity contribution in [2.75, 3.05) is 26.2 Å². The summed E-state index contributed by atoms with van der Waals surface area (Å²) >= 11 is 7.06. The van der Waals surface area contributed by atoms with E-state index in [0.717, 1.165) is 0 Å². The monoisotopic (exact) mass is 436 g/mol. The van der Waals surface area contributed by atoms with Gasteiger partial charge in [-0.1, -0.05) is 11.6 Å². The van der Waals surface area contributed by atoms with Gasteiger partial charge < -0.3 is 9.47 Å². The standard InChI is InChI=1S/C15H17ClN4O3S2.ClH/c16-12-1-3-13(4-2-12)25(22,23)20-7-5-18(6-8-20)14(21)11-19-9-10-24-15(19)17;/h1-4,9-10,17H,5-8,11H2;1H. The lowest BCUT2D eigenvalue weighted by atomic mass is 10.3. The van der Waals surface area contributed by atoms with Crippen LogP contribution in [0.4, 0.5) is 0 Å². The number of carbonyl (C=O) groups excluding carboxylic acids is 1. The highest BCUT2D eigenvalue weighted by molar-refractivity contribution is 7.89. The van der Waals surface area contributed by atoms with E-state index in [2.05, 4.69) is 0 Å². The summed E-state index contributed by atoms with van der Waals surface area (Å²) in [5.41, 5.74) is 0. The van der Waals surface area contributed by atoms with Gasteiger partial charge in [0.15, 0.2) is 4.80 Å². The molecule has 142 valence electrons. The average Bonchev–Trinajstić information content (AvgIpc) is 3.00. The number of benzene rings is 1. The van der Waals surface area contributed by atoms with E-state index < -0.39 is 10.0 Å². The number of nitrogens with zero attached hydrogens (tertiary/aromatic N) is 3. The Morgan fingerprint density at radius 1 is 1.15 bits per heavy atom. The van der Waals surface area contributed by atoms with E-state index in [1.165, 1.54) is 27.8 Å². The Kier molecular flexibility index (Phi) is 6.86. The van der Waals surface area contributed by atoms with Crippen LogP contribution < -0.4 is 4.80 Å². The smallest absolute Gasteiger partial charge is 0.243 e. The number of carbonyl (C=O) groups is 1. The summed E-state index contributed by atoms with van der Waals surface area (Å²) in [5.74, 6) is -0.111. The van der Waals surface area contributed by atoms with Crippen LogP contribution in [0.2, 0.25) is 5.02 Å². The van der Waals surface area contributed by atoms with E-state index in [4.69, 9.17) is 17.0 Å². The Hall–Kier alpha value is -1.39. The predicted octanol–water partition coefficient (Wildman–Crippen LogP) is 1.64. The van der Waals surface area contributed by atoms with Gasteiger partial charge >= 0.3 is 0 Å². The van der Waals surface area contributed by atoms with Crippen LogP contribution in [0.25, 0.3) is 0 Å². The molecule has 1 saturated heterocycles. The van der Waals surface area contributed by atoms with Gasteiger partial charge in [0.1, 0.15) is 6.54 Å². The first kappa shape index (κ1) is 20.9. The molecule has 26 heavy (non-hydrogen) atoms. The molecule has 0 aliphatic carbocycles. The SMILES string of the molecule is Cl.N=c1sccn1CC(=O)N1CCN(S(=O)(=O)c2ccc(Cl)cc2)CC1. The van der Waals surface area contributed by atoms with E-state index in [1.54, 1.807) is 33.2 Å². The second-order valence-electron chi connectivity index (χ2n) is 5.57. The summed E-state index contributed by atoms with van der Waals surface area (Å²) in [7, 11) is -3.58. The highest BCUT2D eigenvalue weighted by Gasteiger charge is 2.30. The maximum absolute atomic E-state index is 12.6. The Balaban J connectivity index is 0.00000243. The summed E-state index contributed by atoms with van der Waals surface area (Å²) in [5, 5.41) is 9.93. The van der Waals surface area contributed by atoms with Crippen molar-refractivity contribution in [3.05, 3.63) is 45.7 Å². The molecule has 1 aromatic heterocycles. The number of nitrogens with one attached hydrogen (secondary N) is 1. The number of amides is 1. The van der Waals surface area contributed by atoms with Gasteiger partial charge in [-0.3, -0.25) is 10.2 Å². The molecule has 1 amide bonds. The van der Waals surface area contributed by atoms with Crippen LogP contribution in [0.5, 0.6) is 0 Å². The zero-order chi connectivity index (χ0) is 18.0. The first-order chi connectivity index (χ1) is 11.9. The molecule has 0 atom stereocenters.